The van der Waals surface area contributed by atoms with E-state index in [-0.39, 0.29) is 25.0 Å². The van der Waals surface area contributed by atoms with Crippen LogP contribution < -0.4 is 10.6 Å². The number of anilines is 2. The highest BCUT2D eigenvalue weighted by atomic mass is 35.7. The van der Waals surface area contributed by atoms with Crippen molar-refractivity contribution < 1.29 is 35.7 Å². The average Bonchev–Trinajstić information content (AvgIpc) is 3.67. The molecule has 0 aliphatic carbocycles. The molecule has 2 aromatic carbocycles. The van der Waals surface area contributed by atoms with Gasteiger partial charge in [0.1, 0.15) is 11.6 Å². The molecule has 6 rings (SSSR count). The lowest BCUT2D eigenvalue weighted by molar-refractivity contribution is -0.115. The first kappa shape index (κ1) is 45.8. The monoisotopic (exact) mass is 866 g/mol. The highest BCUT2D eigenvalue weighted by molar-refractivity contribution is 8.13. The number of carbonyl (C=O) groups excluding carboxylic acids is 2. The molecule has 0 fully saturated rings. The molecule has 18 nitrogen and oxygen atoms in total. The number of aryl methyl sites for hydroxylation is 4. The summed E-state index contributed by atoms with van der Waals surface area (Å²) in [6.45, 7) is 10.3. The molecular weight excluding hydrogens is 824 g/mol. The molecule has 0 saturated carbocycles. The lowest BCUT2D eigenvalue weighted by Crippen LogP contribution is -2.12. The zero-order chi connectivity index (χ0) is 43.7. The normalized spacial score (nSPS) is 11.2. The number of nitrogens with one attached hydrogen (secondary N) is 2. The number of aromatic nitrogens is 8. The lowest BCUT2D eigenvalue weighted by Gasteiger charge is -2.10. The minimum absolute atomic E-state index is 0.0538. The van der Waals surface area contributed by atoms with Gasteiger partial charge in [0, 0.05) is 59.2 Å². The maximum absolute atomic E-state index is 11.5. The van der Waals surface area contributed by atoms with Crippen molar-refractivity contribution in [2.75, 3.05) is 23.1 Å². The van der Waals surface area contributed by atoms with Crippen LogP contribution in [-0.4, -0.2) is 85.8 Å². The fourth-order valence-corrected chi connectivity index (χ4v) is 5.68. The van der Waals surface area contributed by atoms with Gasteiger partial charge in [-0.05, 0) is 63.1 Å². The molecule has 0 aliphatic rings. The van der Waals surface area contributed by atoms with Crippen LogP contribution in [0.4, 0.5) is 11.6 Å². The lowest BCUT2D eigenvalue weighted by atomic mass is 10.1. The predicted molar refractivity (Wildman–Crippen MR) is 223 cm³/mol. The van der Waals surface area contributed by atoms with E-state index in [4.69, 9.17) is 4.18 Å². The van der Waals surface area contributed by atoms with Crippen LogP contribution in [0, 0.1) is 27.7 Å². The van der Waals surface area contributed by atoms with Gasteiger partial charge < -0.3 is 15.7 Å². The first-order valence-electron chi connectivity index (χ1n) is 17.5. The van der Waals surface area contributed by atoms with Crippen molar-refractivity contribution in [1.82, 2.24) is 39.5 Å². The van der Waals surface area contributed by atoms with E-state index in [0.717, 1.165) is 52.0 Å². The first-order valence-corrected chi connectivity index (χ1v) is 22.0. The Balaban J connectivity index is 0.000000236. The summed E-state index contributed by atoms with van der Waals surface area (Å²) in [7, 11) is -2.24. The Morgan fingerprint density at radius 1 is 0.678 bits per heavy atom. The van der Waals surface area contributed by atoms with Gasteiger partial charge in [-0.25, -0.2) is 27.7 Å². The zero-order valence-corrected chi connectivity index (χ0v) is 35.8. The van der Waals surface area contributed by atoms with E-state index in [1.54, 1.807) is 39.7 Å². The summed E-state index contributed by atoms with van der Waals surface area (Å²) >= 11 is 0. The van der Waals surface area contributed by atoms with E-state index >= 15 is 0 Å². The molecule has 312 valence electrons. The van der Waals surface area contributed by atoms with Gasteiger partial charge in [-0.2, -0.15) is 28.6 Å². The SMILES string of the molecule is CC(=O)Nc1cc(-c2cccc(CO)c2)nc(-n2nc(C)cc2C)n1.CC(=O)Nc1cc(-c2cccc(COS(C)(=O)=O)c2)nc(-n2nc(C)cc2C)n1.CS(=O)(=O)Cl. The third-order valence-electron chi connectivity index (χ3n) is 7.50. The Morgan fingerprint density at radius 3 is 1.44 bits per heavy atom. The summed E-state index contributed by atoms with van der Waals surface area (Å²) in [4.78, 5) is 41.0. The Labute approximate surface area is 346 Å². The molecule has 0 radical (unpaired) electrons. The molecule has 59 heavy (non-hydrogen) atoms. The van der Waals surface area contributed by atoms with Gasteiger partial charge in [0.2, 0.25) is 20.9 Å². The molecule has 3 N–H and O–H groups in total. The van der Waals surface area contributed by atoms with Crippen molar-refractivity contribution in [2.24, 2.45) is 0 Å². The van der Waals surface area contributed by atoms with E-state index < -0.39 is 19.2 Å². The smallest absolute Gasteiger partial charge is 0.264 e. The van der Waals surface area contributed by atoms with Crippen molar-refractivity contribution in [2.45, 2.75) is 54.8 Å². The number of nitrogens with zero attached hydrogens (tertiary/aromatic N) is 8. The van der Waals surface area contributed by atoms with E-state index in [1.807, 2.05) is 70.2 Å². The standard InChI is InChI=1S/C19H21N5O4S.C18H19N5O2.CH3ClO2S/c1-12-8-13(2)24(23-12)19-21-17(10-18(22-19)20-14(3)25)16-7-5-6-15(9-16)11-28-29(4,26)27;1-11-7-12(2)23(22-11)18-20-16(9-17(21-18)19-13(3)25)15-6-4-5-14(8-15)10-24;1-5(2,3)4/h5-10H,11H2,1-4H3,(H,20,21,22,25);4-9,24H,10H2,1-3H3,(H,19,20,21,25);1H3. The second-order valence-corrected chi connectivity index (χ2v) is 17.8. The van der Waals surface area contributed by atoms with Crippen LogP contribution in [-0.2, 0) is 46.2 Å². The largest absolute Gasteiger partial charge is 0.392 e. The van der Waals surface area contributed by atoms with Crippen LogP contribution in [0.5, 0.6) is 0 Å². The number of hydrogen-bond donors (Lipinski definition) is 3. The number of aliphatic hydroxyl groups excluding tert-OH is 1. The van der Waals surface area contributed by atoms with Crippen LogP contribution >= 0.6 is 10.7 Å². The van der Waals surface area contributed by atoms with Gasteiger partial charge in [0.25, 0.3) is 22.0 Å². The third-order valence-corrected chi connectivity index (χ3v) is 8.05. The Kier molecular flexibility index (Phi) is 15.3. The number of halogens is 1. The molecule has 0 bridgehead atoms. The summed E-state index contributed by atoms with van der Waals surface area (Å²) in [5, 5.41) is 23.5. The summed E-state index contributed by atoms with van der Waals surface area (Å²) in [6.07, 6.45) is 1.93. The number of benzene rings is 2. The van der Waals surface area contributed by atoms with Gasteiger partial charge in [-0.1, -0.05) is 36.4 Å². The minimum atomic E-state index is -3.55. The number of carbonyl (C=O) groups is 2. The van der Waals surface area contributed by atoms with E-state index in [0.29, 0.717) is 40.5 Å². The second kappa shape index (κ2) is 19.7. The molecule has 2 amide bonds. The van der Waals surface area contributed by atoms with Crippen LogP contribution in [0.2, 0.25) is 0 Å². The summed E-state index contributed by atoms with van der Waals surface area (Å²) in [6, 6.07) is 21.7. The minimum Gasteiger partial charge on any atom is -0.392 e. The average molecular weight is 867 g/mol. The van der Waals surface area contributed by atoms with Crippen LogP contribution in [0.25, 0.3) is 34.4 Å². The number of hydrogen-bond acceptors (Lipinski definition) is 14. The number of aliphatic hydroxyl groups is 1. The summed E-state index contributed by atoms with van der Waals surface area (Å²) in [5.41, 5.74) is 7.59. The Hall–Kier alpha value is -5.93. The summed E-state index contributed by atoms with van der Waals surface area (Å²) < 4.78 is 49.4. The molecule has 0 unspecified atom stereocenters. The third kappa shape index (κ3) is 14.8. The second-order valence-electron chi connectivity index (χ2n) is 13.1. The van der Waals surface area contributed by atoms with E-state index in [1.165, 1.54) is 13.8 Å². The van der Waals surface area contributed by atoms with Gasteiger partial charge >= 0.3 is 0 Å². The van der Waals surface area contributed by atoms with Crippen LogP contribution in [0.3, 0.4) is 0 Å². The Bertz CT molecular complexity index is 2690. The fraction of sp³-hybridized carbons (Fsp3) is 0.263. The molecule has 0 saturated heterocycles. The zero-order valence-electron chi connectivity index (χ0n) is 33.4. The van der Waals surface area contributed by atoms with Gasteiger partial charge in [0.05, 0.1) is 48.5 Å². The van der Waals surface area contributed by atoms with Crippen molar-refractivity contribution in [1.29, 1.82) is 0 Å². The van der Waals surface area contributed by atoms with Crippen molar-refractivity contribution >= 4 is 53.3 Å². The van der Waals surface area contributed by atoms with Crippen molar-refractivity contribution in [3.05, 3.63) is 107 Å². The molecule has 0 aliphatic heterocycles. The van der Waals surface area contributed by atoms with Crippen LogP contribution in [0.1, 0.15) is 47.8 Å². The number of amides is 2. The maximum atomic E-state index is 11.5. The van der Waals surface area contributed by atoms with Crippen LogP contribution in [0.15, 0.2) is 72.8 Å². The highest BCUT2D eigenvalue weighted by Crippen LogP contribution is 2.25. The quantitative estimate of drug-likeness (QED) is 0.122. The van der Waals surface area contributed by atoms with E-state index in [2.05, 4.69) is 51.4 Å². The van der Waals surface area contributed by atoms with Gasteiger partial charge in [-0.15, -0.1) is 0 Å². The molecule has 4 heterocycles. The predicted octanol–water partition coefficient (Wildman–Crippen LogP) is 4.96. The molecule has 0 atom stereocenters. The molecule has 6 aromatic rings. The van der Waals surface area contributed by atoms with E-state index in [9.17, 15) is 31.5 Å². The topological polar surface area (TPSA) is 243 Å². The summed E-state index contributed by atoms with van der Waals surface area (Å²) in [5.74, 6) is 0.950. The van der Waals surface area contributed by atoms with Gasteiger partial charge in [0.15, 0.2) is 0 Å². The van der Waals surface area contributed by atoms with Crippen molar-refractivity contribution in [3.63, 3.8) is 0 Å². The molecular formula is C38H43ClN10O8S2. The molecule has 21 heteroatoms. The molecule has 4 aromatic heterocycles. The highest BCUT2D eigenvalue weighted by Gasteiger charge is 2.15. The Morgan fingerprint density at radius 2 is 1.08 bits per heavy atom. The maximum Gasteiger partial charge on any atom is 0.264 e. The molecule has 0 spiro atoms. The first-order chi connectivity index (χ1) is 27.6. The fourth-order valence-electron chi connectivity index (χ4n) is 5.33. The van der Waals surface area contributed by atoms with Crippen molar-refractivity contribution in [3.8, 4) is 34.4 Å². The number of rotatable bonds is 10. The van der Waals surface area contributed by atoms with Gasteiger partial charge in [-0.3, -0.25) is 13.8 Å².